The van der Waals surface area contributed by atoms with E-state index in [0.29, 0.717) is 11.8 Å². The smallest absolute Gasteiger partial charge is 0.0314 e. The Morgan fingerprint density at radius 2 is 0.508 bits per heavy atom. The monoisotopic (exact) mass is 827 g/mol. The highest BCUT2D eigenvalue weighted by Gasteiger charge is 2.16. The average Bonchev–Trinajstić information content (AvgIpc) is 3.28. The Balaban J connectivity index is 0.973. The lowest BCUT2D eigenvalue weighted by molar-refractivity contribution is 0.530. The number of hydrogen-bond donors (Lipinski definition) is 2. The third-order valence-corrected chi connectivity index (χ3v) is 13.6. The van der Waals surface area contributed by atoms with E-state index in [1.807, 2.05) is 0 Å². The second-order valence-corrected chi connectivity index (χ2v) is 18.8. The Labute approximate surface area is 376 Å². The fraction of sp³-hybridized carbons (Fsp3) is 0.593. The SMILES string of the molecule is CCCCCCCCC(c1ccc(N)cc1)c1ccc(CCCCCCCCCCCCCCCCCc2ccc(C(CCCCCCCC)c3ccc(N)cc3)cc2)cc1. The van der Waals surface area contributed by atoms with Crippen molar-refractivity contribution in [1.82, 2.24) is 0 Å². The number of hydrogen-bond acceptors (Lipinski definition) is 2. The van der Waals surface area contributed by atoms with Gasteiger partial charge in [-0.05, 0) is 96.2 Å². The molecule has 0 spiro atoms. The number of anilines is 2. The van der Waals surface area contributed by atoms with Crippen molar-refractivity contribution in [3.63, 3.8) is 0 Å². The van der Waals surface area contributed by atoms with Crippen LogP contribution in [0.25, 0.3) is 0 Å². The van der Waals surface area contributed by atoms with Crippen LogP contribution in [0.3, 0.4) is 0 Å². The van der Waals surface area contributed by atoms with Crippen LogP contribution in [-0.4, -0.2) is 0 Å². The molecule has 0 fully saturated rings. The molecule has 2 atom stereocenters. The maximum Gasteiger partial charge on any atom is 0.0314 e. The van der Waals surface area contributed by atoms with Gasteiger partial charge in [0, 0.05) is 23.2 Å². The summed E-state index contributed by atoms with van der Waals surface area (Å²) in [5, 5.41) is 0. The number of unbranched alkanes of at least 4 members (excludes halogenated alkanes) is 24. The molecule has 61 heavy (non-hydrogen) atoms. The zero-order chi connectivity index (χ0) is 43.0. The van der Waals surface area contributed by atoms with Crippen LogP contribution in [0.1, 0.15) is 245 Å². The van der Waals surface area contributed by atoms with E-state index in [1.165, 1.54) is 232 Å². The molecule has 0 saturated heterocycles. The number of nitrogens with two attached hydrogens (primary N) is 2. The largest absolute Gasteiger partial charge is 0.399 e. The second-order valence-electron chi connectivity index (χ2n) is 18.8. The van der Waals surface area contributed by atoms with Crippen molar-refractivity contribution in [2.24, 2.45) is 0 Å². The van der Waals surface area contributed by atoms with Crippen molar-refractivity contribution >= 4 is 11.4 Å². The fourth-order valence-electron chi connectivity index (χ4n) is 9.56. The highest BCUT2D eigenvalue weighted by molar-refractivity contribution is 5.44. The van der Waals surface area contributed by atoms with Crippen molar-refractivity contribution in [2.45, 2.75) is 225 Å². The van der Waals surface area contributed by atoms with Gasteiger partial charge in [-0.15, -0.1) is 0 Å². The number of aryl methyl sites for hydroxylation is 2. The molecule has 0 aromatic heterocycles. The summed E-state index contributed by atoms with van der Waals surface area (Å²) >= 11 is 0. The Morgan fingerprint density at radius 1 is 0.279 bits per heavy atom. The lowest BCUT2D eigenvalue weighted by atomic mass is 9.86. The van der Waals surface area contributed by atoms with Crippen LogP contribution in [0, 0.1) is 0 Å². The van der Waals surface area contributed by atoms with Gasteiger partial charge in [0.05, 0.1) is 0 Å². The summed E-state index contributed by atoms with van der Waals surface area (Å²) in [6, 6.07) is 36.5. The van der Waals surface area contributed by atoms with Gasteiger partial charge in [0.1, 0.15) is 0 Å². The molecule has 0 heterocycles. The zero-order valence-electron chi connectivity index (χ0n) is 39.5. The Kier molecular flexibility index (Phi) is 26.5. The molecule has 336 valence electrons. The van der Waals surface area contributed by atoms with Crippen LogP contribution in [-0.2, 0) is 12.8 Å². The van der Waals surface area contributed by atoms with Gasteiger partial charge in [-0.2, -0.15) is 0 Å². The van der Waals surface area contributed by atoms with Gasteiger partial charge in [-0.25, -0.2) is 0 Å². The molecular weight excluding hydrogens is 737 g/mol. The molecule has 4 aromatic carbocycles. The van der Waals surface area contributed by atoms with Crippen LogP contribution in [0.4, 0.5) is 11.4 Å². The van der Waals surface area contributed by atoms with Crippen LogP contribution >= 0.6 is 0 Å². The van der Waals surface area contributed by atoms with E-state index in [2.05, 4.69) is 111 Å². The molecule has 2 nitrogen and oxygen atoms in total. The van der Waals surface area contributed by atoms with Crippen molar-refractivity contribution in [2.75, 3.05) is 11.5 Å². The lowest BCUT2D eigenvalue weighted by Gasteiger charge is -2.19. The van der Waals surface area contributed by atoms with Gasteiger partial charge in [0.15, 0.2) is 0 Å². The van der Waals surface area contributed by atoms with E-state index < -0.39 is 0 Å². The topological polar surface area (TPSA) is 52.0 Å². The molecule has 2 unspecified atom stereocenters. The van der Waals surface area contributed by atoms with Crippen LogP contribution in [0.2, 0.25) is 0 Å². The van der Waals surface area contributed by atoms with Gasteiger partial charge in [0.2, 0.25) is 0 Å². The molecular formula is C59H90N2. The Morgan fingerprint density at radius 3 is 0.787 bits per heavy atom. The zero-order valence-corrected chi connectivity index (χ0v) is 39.5. The number of rotatable bonds is 36. The van der Waals surface area contributed by atoms with Crippen molar-refractivity contribution in [1.29, 1.82) is 0 Å². The molecule has 4 aromatic rings. The molecule has 0 amide bonds. The summed E-state index contributed by atoms with van der Waals surface area (Å²) in [5.41, 5.74) is 22.5. The maximum absolute atomic E-state index is 6.03. The molecule has 0 aliphatic heterocycles. The fourth-order valence-corrected chi connectivity index (χ4v) is 9.56. The quantitative estimate of drug-likeness (QED) is 0.0354. The van der Waals surface area contributed by atoms with Crippen molar-refractivity contribution in [3.05, 3.63) is 130 Å². The summed E-state index contributed by atoms with van der Waals surface area (Å²) in [6.07, 6.45) is 42.0. The standard InChI is InChI=1S/C59H90N2/c1-3-5-7-9-24-28-32-58(54-42-46-56(60)47-43-54)52-38-34-50(35-39-52)30-26-22-20-18-16-14-12-11-13-15-17-19-21-23-27-31-51-36-40-53(41-37-51)59(33-29-25-10-8-6-4-2)55-44-48-57(61)49-45-55/h34-49,58-59H,3-33,60-61H2,1-2H3. The van der Waals surface area contributed by atoms with Gasteiger partial charge in [-0.1, -0.05) is 247 Å². The van der Waals surface area contributed by atoms with E-state index in [4.69, 9.17) is 11.5 Å². The molecule has 4 rings (SSSR count). The van der Waals surface area contributed by atoms with Crippen molar-refractivity contribution < 1.29 is 0 Å². The van der Waals surface area contributed by atoms with E-state index in [9.17, 15) is 0 Å². The molecule has 0 aliphatic carbocycles. The first-order valence-electron chi connectivity index (χ1n) is 26.0. The van der Waals surface area contributed by atoms with E-state index in [0.717, 1.165) is 11.4 Å². The normalized spacial score (nSPS) is 12.5. The molecule has 0 radical (unpaired) electrons. The van der Waals surface area contributed by atoms with E-state index >= 15 is 0 Å². The first-order chi connectivity index (χ1) is 30.1. The minimum Gasteiger partial charge on any atom is -0.399 e. The van der Waals surface area contributed by atoms with Crippen LogP contribution in [0.5, 0.6) is 0 Å². The third kappa shape index (κ3) is 21.4. The molecule has 0 bridgehead atoms. The van der Waals surface area contributed by atoms with Gasteiger partial charge in [0.25, 0.3) is 0 Å². The molecule has 0 saturated carbocycles. The average molecular weight is 827 g/mol. The van der Waals surface area contributed by atoms with Gasteiger partial charge < -0.3 is 11.5 Å². The highest BCUT2D eigenvalue weighted by atomic mass is 14.5. The van der Waals surface area contributed by atoms with Gasteiger partial charge in [-0.3, -0.25) is 0 Å². The molecule has 2 heteroatoms. The van der Waals surface area contributed by atoms with Crippen molar-refractivity contribution in [3.8, 4) is 0 Å². The Bertz CT molecular complexity index is 1480. The van der Waals surface area contributed by atoms with E-state index in [1.54, 1.807) is 0 Å². The molecule has 4 N–H and O–H groups in total. The summed E-state index contributed by atoms with van der Waals surface area (Å²) < 4.78 is 0. The summed E-state index contributed by atoms with van der Waals surface area (Å²) in [5.74, 6) is 0.940. The maximum atomic E-state index is 6.03. The van der Waals surface area contributed by atoms with Gasteiger partial charge >= 0.3 is 0 Å². The number of nitrogen functional groups attached to an aromatic ring is 2. The highest BCUT2D eigenvalue weighted by Crippen LogP contribution is 2.33. The summed E-state index contributed by atoms with van der Waals surface area (Å²) in [7, 11) is 0. The summed E-state index contributed by atoms with van der Waals surface area (Å²) in [4.78, 5) is 0. The van der Waals surface area contributed by atoms with Crippen LogP contribution in [0.15, 0.2) is 97.1 Å². The predicted octanol–water partition coefficient (Wildman–Crippen LogP) is 18.3. The summed E-state index contributed by atoms with van der Waals surface area (Å²) in [6.45, 7) is 4.59. The lowest BCUT2D eigenvalue weighted by Crippen LogP contribution is -2.02. The Hall–Kier alpha value is -3.52. The second kappa shape index (κ2) is 32.2. The van der Waals surface area contributed by atoms with Crippen LogP contribution < -0.4 is 11.5 Å². The van der Waals surface area contributed by atoms with E-state index in [-0.39, 0.29) is 0 Å². The first kappa shape index (κ1) is 50.1. The minimum absolute atomic E-state index is 0.470. The minimum atomic E-state index is 0.470. The molecule has 0 aliphatic rings. The predicted molar refractivity (Wildman–Crippen MR) is 271 cm³/mol. The third-order valence-electron chi connectivity index (χ3n) is 13.6. The number of benzene rings is 4. The first-order valence-corrected chi connectivity index (χ1v) is 26.0.